The molecule has 0 fully saturated rings. The number of hydrogen-bond donors (Lipinski definition) is 1. The first kappa shape index (κ1) is 20.3. The second-order valence-corrected chi connectivity index (χ2v) is 0.0913. The van der Waals surface area contributed by atoms with Crippen molar-refractivity contribution >= 4 is 6.47 Å². The summed E-state index contributed by atoms with van der Waals surface area (Å²) in [6, 6.07) is 0. The summed E-state index contributed by atoms with van der Waals surface area (Å²) in [5.74, 6) is 0. The van der Waals surface area contributed by atoms with Crippen molar-refractivity contribution in [3.8, 4) is 0 Å². The molecule has 0 heterocycles. The maximum atomic E-state index is 8.24. The predicted octanol–water partition coefficient (Wildman–Crippen LogP) is -0.510. The van der Waals surface area contributed by atoms with Gasteiger partial charge in [0.25, 0.3) is 0 Å². The van der Waals surface area contributed by atoms with Crippen molar-refractivity contribution in [1.29, 1.82) is 0 Å². The molecule has 0 bridgehead atoms. The Hall–Kier alpha value is -0.0505. The molecule has 0 saturated carbocycles. The molecule has 31 valence electrons. The minimum Gasteiger partial charge on any atom is -2.00 e. The molecular weight excluding hydrogens is 116 g/mol. The summed E-state index contributed by atoms with van der Waals surface area (Å²) >= 11 is 0. The second kappa shape index (κ2) is 38.1. The minimum absolute atomic E-state index is 0. The van der Waals surface area contributed by atoms with Crippen LogP contribution in [0, 0.1) is 0 Å². The van der Waals surface area contributed by atoms with Gasteiger partial charge in [0.2, 0.25) is 0 Å². The smallest absolute Gasteiger partial charge is 2.00 e. The standard InChI is InChI=1S/CHO2.Fe.O/c2-1-3;;/h(H,2,3);;/q-1;+3;-2. The van der Waals surface area contributed by atoms with E-state index in [-0.39, 0.29) is 22.5 Å². The third-order valence-electron chi connectivity index (χ3n) is 0. The van der Waals surface area contributed by atoms with Gasteiger partial charge in [-0.2, -0.15) is 0 Å². The zero-order valence-corrected chi connectivity index (χ0v) is 3.22. The van der Waals surface area contributed by atoms with Crippen LogP contribution >= 0.6 is 0 Å². The Morgan fingerprint density at radius 2 is 1.60 bits per heavy atom. The maximum Gasteiger partial charge on any atom is 3.00 e. The van der Waals surface area contributed by atoms with E-state index >= 15 is 0 Å². The maximum absolute atomic E-state index is 8.24. The van der Waals surface area contributed by atoms with E-state index in [0.29, 0.717) is 6.47 Å². The molecule has 0 atom stereocenters. The Balaban J connectivity index is -0.0000000200. The molecule has 0 aromatic carbocycles. The van der Waals surface area contributed by atoms with E-state index in [9.17, 15) is 0 Å². The minimum atomic E-state index is 0. The van der Waals surface area contributed by atoms with Crippen LogP contribution in [0.1, 0.15) is 0 Å². The van der Waals surface area contributed by atoms with E-state index in [1.54, 1.807) is 0 Å². The van der Waals surface area contributed by atoms with Gasteiger partial charge in [0, 0.05) is 0 Å². The molecule has 0 amide bonds. The van der Waals surface area contributed by atoms with Gasteiger partial charge in [-0.3, -0.25) is 0 Å². The summed E-state index contributed by atoms with van der Waals surface area (Å²) in [6.07, 6.45) is 0. The van der Waals surface area contributed by atoms with Crippen LogP contribution in [0.15, 0.2) is 0 Å². The van der Waals surface area contributed by atoms with Gasteiger partial charge in [-0.05, 0) is 0 Å². The molecule has 1 radical (unpaired) electrons. The molecule has 0 aliphatic rings. The van der Waals surface area contributed by atoms with E-state index in [2.05, 4.69) is 0 Å². The SMILES string of the molecule is O=[C-]O.[Fe+3].[O-2]. The largest absolute Gasteiger partial charge is 3.00 e. The third kappa shape index (κ3) is 5880. The van der Waals surface area contributed by atoms with Crippen LogP contribution in [-0.2, 0) is 27.3 Å². The van der Waals surface area contributed by atoms with Gasteiger partial charge < -0.3 is 15.4 Å². The monoisotopic (exact) mass is 117 g/mol. The summed E-state index contributed by atoms with van der Waals surface area (Å²) in [7, 11) is 0. The molecule has 0 aromatic heterocycles. The summed E-state index contributed by atoms with van der Waals surface area (Å²) in [6.45, 7) is 0.500. The van der Waals surface area contributed by atoms with E-state index in [4.69, 9.17) is 9.90 Å². The molecule has 0 aliphatic heterocycles. The first-order valence-corrected chi connectivity index (χ1v) is 0.428. The van der Waals surface area contributed by atoms with Crippen molar-refractivity contribution in [3.63, 3.8) is 0 Å². The van der Waals surface area contributed by atoms with Crippen LogP contribution in [-0.4, -0.2) is 11.6 Å². The summed E-state index contributed by atoms with van der Waals surface area (Å²) in [5.41, 5.74) is 0. The van der Waals surface area contributed by atoms with E-state index in [0.717, 1.165) is 0 Å². The fourth-order valence-electron chi connectivity index (χ4n) is 0. The molecule has 1 N–H and O–H groups in total. The van der Waals surface area contributed by atoms with Crippen molar-refractivity contribution in [1.82, 2.24) is 0 Å². The molecule has 0 unspecified atom stereocenters. The van der Waals surface area contributed by atoms with Gasteiger partial charge in [-0.25, -0.2) is 0 Å². The van der Waals surface area contributed by atoms with Gasteiger partial charge in [0.1, 0.15) is 0 Å². The third-order valence-corrected chi connectivity index (χ3v) is 0. The summed E-state index contributed by atoms with van der Waals surface area (Å²) in [4.78, 5) is 8.24. The van der Waals surface area contributed by atoms with Crippen LogP contribution in [0.25, 0.3) is 0 Å². The van der Waals surface area contributed by atoms with Crippen LogP contribution in [0.4, 0.5) is 0 Å². The van der Waals surface area contributed by atoms with Gasteiger partial charge in [0.15, 0.2) is 0 Å². The van der Waals surface area contributed by atoms with Crippen LogP contribution in [0.2, 0.25) is 0 Å². The Bertz CT molecular complexity index is 14.4. The van der Waals surface area contributed by atoms with Gasteiger partial charge in [-0.1, -0.05) is 6.47 Å². The Morgan fingerprint density at radius 3 is 1.60 bits per heavy atom. The zero-order valence-electron chi connectivity index (χ0n) is 2.12. The molecule has 4 heteroatoms. The second-order valence-electron chi connectivity index (χ2n) is 0.0913. The summed E-state index contributed by atoms with van der Waals surface area (Å²) in [5, 5.41) is 6.76. The number of hydrogen-bond acceptors (Lipinski definition) is 1. The fraction of sp³-hybridized carbons (Fsp3) is 0. The molecule has 3 nitrogen and oxygen atoms in total. The zero-order chi connectivity index (χ0) is 2.71. The van der Waals surface area contributed by atoms with Crippen LogP contribution in [0.3, 0.4) is 0 Å². The average Bonchev–Trinajstić information content (AvgIpc) is 0.918. The number of rotatable bonds is 0. The first-order valence-electron chi connectivity index (χ1n) is 0.428. The van der Waals surface area contributed by atoms with Crippen molar-refractivity contribution in [3.05, 3.63) is 0 Å². The Kier molecular flexibility index (Phi) is 155. The average molecular weight is 117 g/mol. The molecule has 0 aliphatic carbocycles. The molecule has 0 saturated heterocycles. The Morgan fingerprint density at radius 1 is 1.60 bits per heavy atom. The van der Waals surface area contributed by atoms with E-state index in [1.807, 2.05) is 0 Å². The van der Waals surface area contributed by atoms with Crippen molar-refractivity contribution in [2.45, 2.75) is 0 Å². The number of aliphatic hydroxyl groups excluding tert-OH is 1. The molecular formula is CHFeO3. The normalized spacial score (nSPS) is 2.40. The van der Waals surface area contributed by atoms with Crippen LogP contribution < -0.4 is 0 Å². The van der Waals surface area contributed by atoms with Crippen molar-refractivity contribution < 1.29 is 32.4 Å². The summed E-state index contributed by atoms with van der Waals surface area (Å²) < 4.78 is 0. The predicted molar refractivity (Wildman–Crippen MR) is 9.01 cm³/mol. The topological polar surface area (TPSA) is 65.8 Å². The quantitative estimate of drug-likeness (QED) is 0.343. The van der Waals surface area contributed by atoms with E-state index in [1.165, 1.54) is 0 Å². The van der Waals surface area contributed by atoms with Crippen molar-refractivity contribution in [2.75, 3.05) is 0 Å². The first-order chi connectivity index (χ1) is 1.41. The Labute approximate surface area is 39.8 Å². The van der Waals surface area contributed by atoms with Crippen molar-refractivity contribution in [2.24, 2.45) is 0 Å². The van der Waals surface area contributed by atoms with Gasteiger partial charge >= 0.3 is 17.1 Å². The van der Waals surface area contributed by atoms with Gasteiger partial charge in [-0.15, -0.1) is 0 Å². The van der Waals surface area contributed by atoms with E-state index < -0.39 is 0 Å². The van der Waals surface area contributed by atoms with Gasteiger partial charge in [0.05, 0.1) is 0 Å². The molecule has 5 heavy (non-hydrogen) atoms. The molecule has 0 aromatic rings. The van der Waals surface area contributed by atoms with Crippen LogP contribution in [0.5, 0.6) is 0 Å². The fourth-order valence-corrected chi connectivity index (χ4v) is 0. The molecule has 0 spiro atoms. The molecule has 0 rings (SSSR count).